The van der Waals surface area contributed by atoms with Gasteiger partial charge in [-0.1, -0.05) is 6.07 Å². The van der Waals surface area contributed by atoms with Gasteiger partial charge in [-0.3, -0.25) is 0 Å². The van der Waals surface area contributed by atoms with E-state index in [9.17, 15) is 0 Å². The number of hydrogen-bond donors (Lipinski definition) is 0. The topological polar surface area (TPSA) is 21.7 Å². The molecule has 0 bridgehead atoms. The fourth-order valence-electron chi connectivity index (χ4n) is 1.51. The monoisotopic (exact) mass is 192 g/mol. The Balaban J connectivity index is 2.06. The van der Waals surface area contributed by atoms with E-state index in [1.54, 1.807) is 0 Å². The van der Waals surface area contributed by atoms with Crippen LogP contribution in [-0.4, -0.2) is 38.3 Å². The Morgan fingerprint density at radius 3 is 3.14 bits per heavy atom. The third-order valence-electron chi connectivity index (χ3n) is 2.08. The van der Waals surface area contributed by atoms with Gasteiger partial charge in [0.15, 0.2) is 11.5 Å². The van der Waals surface area contributed by atoms with Crippen LogP contribution in [0.2, 0.25) is 0 Å². The quantitative estimate of drug-likeness (QED) is 0.702. The molecule has 0 amide bonds. The molecule has 14 heavy (non-hydrogen) atoms. The van der Waals surface area contributed by atoms with Gasteiger partial charge >= 0.3 is 0 Å². The molecule has 75 valence electrons. The second-order valence-electron chi connectivity index (χ2n) is 3.69. The summed E-state index contributed by atoms with van der Waals surface area (Å²) in [5, 5.41) is 0. The van der Waals surface area contributed by atoms with E-state index in [1.807, 2.05) is 32.3 Å². The van der Waals surface area contributed by atoms with Gasteiger partial charge in [-0.25, -0.2) is 0 Å². The highest BCUT2D eigenvalue weighted by Gasteiger charge is 2.20. The normalized spacial score (nSPS) is 19.8. The van der Waals surface area contributed by atoms with Gasteiger partial charge in [0, 0.05) is 6.54 Å². The number of benzene rings is 1. The lowest BCUT2D eigenvalue weighted by molar-refractivity contribution is 0.0710. The summed E-state index contributed by atoms with van der Waals surface area (Å²) in [5.41, 5.74) is 0. The van der Waals surface area contributed by atoms with Gasteiger partial charge in [-0.05, 0) is 32.3 Å². The summed E-state index contributed by atoms with van der Waals surface area (Å²) < 4.78 is 11.3. The van der Waals surface area contributed by atoms with Crippen molar-refractivity contribution in [1.82, 2.24) is 4.90 Å². The molecule has 1 radical (unpaired) electrons. The first-order valence-electron chi connectivity index (χ1n) is 4.70. The molecule has 0 spiro atoms. The van der Waals surface area contributed by atoms with Gasteiger partial charge in [0.05, 0.1) is 0 Å². The summed E-state index contributed by atoms with van der Waals surface area (Å²) >= 11 is 0. The minimum absolute atomic E-state index is 0.119. The fraction of sp³-hybridized carbons (Fsp3) is 0.455. The fourth-order valence-corrected chi connectivity index (χ4v) is 1.51. The molecule has 1 atom stereocenters. The van der Waals surface area contributed by atoms with Gasteiger partial charge in [0.1, 0.15) is 12.7 Å². The predicted molar refractivity (Wildman–Crippen MR) is 53.7 cm³/mol. The number of nitrogens with zero attached hydrogens (tertiary/aromatic N) is 1. The number of rotatable bonds is 2. The highest BCUT2D eigenvalue weighted by atomic mass is 16.6. The van der Waals surface area contributed by atoms with Crippen molar-refractivity contribution < 1.29 is 9.47 Å². The first-order chi connectivity index (χ1) is 6.75. The number of likely N-dealkylation sites (N-methyl/N-ethyl adjacent to an activating group) is 1. The maximum absolute atomic E-state index is 5.74. The van der Waals surface area contributed by atoms with Gasteiger partial charge < -0.3 is 14.4 Å². The van der Waals surface area contributed by atoms with E-state index < -0.39 is 0 Å². The molecule has 1 heterocycles. The molecular formula is C11H14NO2. The first-order valence-corrected chi connectivity index (χ1v) is 4.70. The molecule has 1 unspecified atom stereocenters. The lowest BCUT2D eigenvalue weighted by Crippen LogP contribution is -2.37. The molecule has 1 aliphatic rings. The Morgan fingerprint density at radius 1 is 1.50 bits per heavy atom. The Kier molecular flexibility index (Phi) is 2.59. The minimum atomic E-state index is 0.119. The molecule has 3 heteroatoms. The zero-order valence-corrected chi connectivity index (χ0v) is 8.49. The molecule has 0 aromatic heterocycles. The molecule has 1 aliphatic heterocycles. The van der Waals surface area contributed by atoms with E-state index in [0.29, 0.717) is 6.61 Å². The Labute approximate surface area is 84.2 Å². The molecule has 0 saturated carbocycles. The smallest absolute Gasteiger partial charge is 0.162 e. The molecular weight excluding hydrogens is 178 g/mol. The zero-order chi connectivity index (χ0) is 9.97. The summed E-state index contributed by atoms with van der Waals surface area (Å²) in [4.78, 5) is 2.09. The molecule has 1 aromatic rings. The summed E-state index contributed by atoms with van der Waals surface area (Å²) in [6.45, 7) is 1.49. The maximum atomic E-state index is 5.74. The van der Waals surface area contributed by atoms with Crippen molar-refractivity contribution in [2.75, 3.05) is 27.2 Å². The second kappa shape index (κ2) is 3.88. The van der Waals surface area contributed by atoms with Gasteiger partial charge in [-0.15, -0.1) is 0 Å². The summed E-state index contributed by atoms with van der Waals surface area (Å²) in [5.74, 6) is 1.62. The average Bonchev–Trinajstić information content (AvgIpc) is 2.17. The van der Waals surface area contributed by atoms with Crippen LogP contribution in [0.4, 0.5) is 0 Å². The third-order valence-corrected chi connectivity index (χ3v) is 2.08. The summed E-state index contributed by atoms with van der Waals surface area (Å²) in [7, 11) is 4.05. The van der Waals surface area contributed by atoms with Crippen molar-refractivity contribution in [3.05, 3.63) is 24.3 Å². The maximum Gasteiger partial charge on any atom is 0.162 e. The molecule has 0 N–H and O–H groups in total. The Bertz CT molecular complexity index is 312. The second-order valence-corrected chi connectivity index (χ2v) is 3.69. The largest absolute Gasteiger partial charge is 0.486 e. The summed E-state index contributed by atoms with van der Waals surface area (Å²) in [6.07, 6.45) is 0.119. The van der Waals surface area contributed by atoms with Crippen LogP contribution >= 0.6 is 0 Å². The lowest BCUT2D eigenvalue weighted by atomic mass is 10.2. The van der Waals surface area contributed by atoms with E-state index in [1.165, 1.54) is 0 Å². The zero-order valence-electron chi connectivity index (χ0n) is 8.49. The van der Waals surface area contributed by atoms with Crippen LogP contribution in [0.1, 0.15) is 0 Å². The van der Waals surface area contributed by atoms with Crippen LogP contribution in [0.15, 0.2) is 18.2 Å². The van der Waals surface area contributed by atoms with Crippen LogP contribution in [0.25, 0.3) is 0 Å². The average molecular weight is 192 g/mol. The van der Waals surface area contributed by atoms with Gasteiger partial charge in [-0.2, -0.15) is 0 Å². The molecule has 3 nitrogen and oxygen atoms in total. The van der Waals surface area contributed by atoms with Crippen molar-refractivity contribution >= 4 is 0 Å². The molecule has 0 fully saturated rings. The van der Waals surface area contributed by atoms with Gasteiger partial charge in [0.25, 0.3) is 0 Å². The Morgan fingerprint density at radius 2 is 2.36 bits per heavy atom. The number of ether oxygens (including phenoxy) is 2. The number of hydrogen-bond acceptors (Lipinski definition) is 3. The molecule has 0 aliphatic carbocycles. The first kappa shape index (κ1) is 9.34. The molecule has 0 saturated heterocycles. The molecule has 2 rings (SSSR count). The van der Waals surface area contributed by atoms with E-state index >= 15 is 0 Å². The highest BCUT2D eigenvalue weighted by molar-refractivity contribution is 5.40. The molecule has 1 aromatic carbocycles. The van der Waals surface area contributed by atoms with Crippen molar-refractivity contribution in [3.8, 4) is 11.5 Å². The van der Waals surface area contributed by atoms with E-state index in [0.717, 1.165) is 18.0 Å². The SMILES string of the molecule is CN(C)CC1COc2cc[c]cc2O1. The van der Waals surface area contributed by atoms with E-state index in [-0.39, 0.29) is 6.10 Å². The van der Waals surface area contributed by atoms with Gasteiger partial charge in [0.2, 0.25) is 0 Å². The predicted octanol–water partition coefficient (Wildman–Crippen LogP) is 1.19. The highest BCUT2D eigenvalue weighted by Crippen LogP contribution is 2.30. The van der Waals surface area contributed by atoms with Crippen molar-refractivity contribution in [2.24, 2.45) is 0 Å². The van der Waals surface area contributed by atoms with Crippen LogP contribution in [0.5, 0.6) is 11.5 Å². The van der Waals surface area contributed by atoms with Crippen LogP contribution in [0, 0.1) is 6.07 Å². The van der Waals surface area contributed by atoms with Crippen molar-refractivity contribution in [2.45, 2.75) is 6.10 Å². The van der Waals surface area contributed by atoms with E-state index in [2.05, 4.69) is 11.0 Å². The summed E-state index contributed by atoms with van der Waals surface area (Å²) in [6, 6.07) is 8.50. The number of fused-ring (bicyclic) bond motifs is 1. The van der Waals surface area contributed by atoms with Crippen LogP contribution < -0.4 is 9.47 Å². The van der Waals surface area contributed by atoms with Crippen molar-refractivity contribution in [1.29, 1.82) is 0 Å². The Hall–Kier alpha value is -1.22. The standard InChI is InChI=1S/C11H14NO2/c1-12(2)7-9-8-13-10-5-3-4-6-11(10)14-9/h3,5-6,9H,7-8H2,1-2H3. The van der Waals surface area contributed by atoms with Crippen LogP contribution in [0.3, 0.4) is 0 Å². The van der Waals surface area contributed by atoms with Crippen molar-refractivity contribution in [3.63, 3.8) is 0 Å². The minimum Gasteiger partial charge on any atom is -0.486 e. The van der Waals surface area contributed by atoms with E-state index in [4.69, 9.17) is 9.47 Å². The van der Waals surface area contributed by atoms with Crippen LogP contribution in [-0.2, 0) is 0 Å². The third kappa shape index (κ3) is 1.99. The lowest BCUT2D eigenvalue weighted by Gasteiger charge is -2.28.